The fraction of sp³-hybridized carbons (Fsp3) is 0.125. The molecule has 3 aromatic rings. The number of rotatable bonds is 5. The molecule has 0 aliphatic carbocycles. The van der Waals surface area contributed by atoms with Gasteiger partial charge in [-0.1, -0.05) is 48.5 Å². The van der Waals surface area contributed by atoms with E-state index >= 15 is 0 Å². The first kappa shape index (κ1) is 18.6. The first-order chi connectivity index (χ1) is 14.1. The zero-order valence-electron chi connectivity index (χ0n) is 16.0. The normalized spacial score (nSPS) is 12.8. The van der Waals surface area contributed by atoms with Gasteiger partial charge in [0.1, 0.15) is 0 Å². The van der Waals surface area contributed by atoms with Crippen LogP contribution in [-0.4, -0.2) is 36.2 Å². The summed E-state index contributed by atoms with van der Waals surface area (Å²) in [5, 5.41) is 0. The van der Waals surface area contributed by atoms with Crippen molar-refractivity contribution >= 4 is 23.4 Å². The molecule has 1 heterocycles. The summed E-state index contributed by atoms with van der Waals surface area (Å²) in [7, 11) is 1.68. The van der Waals surface area contributed by atoms with Gasteiger partial charge in [0.15, 0.2) is 0 Å². The SMILES string of the molecule is CN(C(=O)c1ccc2c(c1)C(=O)N(CCc1ccccc1)C2=O)c1ccccc1. The third kappa shape index (κ3) is 3.55. The van der Waals surface area contributed by atoms with Gasteiger partial charge in [-0.25, -0.2) is 0 Å². The lowest BCUT2D eigenvalue weighted by Gasteiger charge is -2.17. The summed E-state index contributed by atoms with van der Waals surface area (Å²) in [6.45, 7) is 0.309. The molecule has 5 nitrogen and oxygen atoms in total. The number of amides is 3. The molecule has 0 aromatic heterocycles. The minimum absolute atomic E-state index is 0.234. The molecule has 0 radical (unpaired) electrons. The molecule has 0 N–H and O–H groups in total. The molecule has 0 saturated heterocycles. The third-order valence-corrected chi connectivity index (χ3v) is 5.13. The number of nitrogens with zero attached hydrogens (tertiary/aromatic N) is 2. The van der Waals surface area contributed by atoms with E-state index in [0.29, 0.717) is 24.1 Å². The van der Waals surface area contributed by atoms with E-state index in [2.05, 4.69) is 0 Å². The van der Waals surface area contributed by atoms with E-state index in [1.165, 1.54) is 15.9 Å². The van der Waals surface area contributed by atoms with Crippen molar-refractivity contribution in [2.24, 2.45) is 0 Å². The van der Waals surface area contributed by atoms with Crippen LogP contribution in [0.2, 0.25) is 0 Å². The average Bonchev–Trinajstić information content (AvgIpc) is 3.01. The first-order valence-corrected chi connectivity index (χ1v) is 9.43. The molecule has 29 heavy (non-hydrogen) atoms. The summed E-state index contributed by atoms with van der Waals surface area (Å²) in [5.41, 5.74) is 2.83. The van der Waals surface area contributed by atoms with Crippen molar-refractivity contribution < 1.29 is 14.4 Å². The molecule has 3 amide bonds. The minimum Gasteiger partial charge on any atom is -0.311 e. The van der Waals surface area contributed by atoms with E-state index in [0.717, 1.165) is 11.3 Å². The second-order valence-corrected chi connectivity index (χ2v) is 6.96. The van der Waals surface area contributed by atoms with Crippen LogP contribution in [-0.2, 0) is 6.42 Å². The molecule has 1 aliphatic heterocycles. The topological polar surface area (TPSA) is 57.7 Å². The number of hydrogen-bond donors (Lipinski definition) is 0. The van der Waals surface area contributed by atoms with Crippen molar-refractivity contribution in [2.45, 2.75) is 6.42 Å². The highest BCUT2D eigenvalue weighted by Gasteiger charge is 2.35. The number of imide groups is 1. The van der Waals surface area contributed by atoms with Gasteiger partial charge in [0.05, 0.1) is 11.1 Å². The average molecular weight is 384 g/mol. The van der Waals surface area contributed by atoms with E-state index < -0.39 is 0 Å². The van der Waals surface area contributed by atoms with Gasteiger partial charge in [-0.05, 0) is 42.3 Å². The van der Waals surface area contributed by atoms with Gasteiger partial charge in [0.2, 0.25) is 0 Å². The first-order valence-electron chi connectivity index (χ1n) is 9.43. The lowest BCUT2D eigenvalue weighted by atomic mass is 10.0. The number of carbonyl (C=O) groups is 3. The Balaban J connectivity index is 1.54. The number of fused-ring (bicyclic) bond motifs is 1. The van der Waals surface area contributed by atoms with Crippen molar-refractivity contribution in [1.29, 1.82) is 0 Å². The number of carbonyl (C=O) groups excluding carboxylic acids is 3. The van der Waals surface area contributed by atoms with Crippen LogP contribution < -0.4 is 4.90 Å². The minimum atomic E-state index is -0.349. The zero-order valence-corrected chi connectivity index (χ0v) is 16.0. The van der Waals surface area contributed by atoms with Crippen LogP contribution in [0.1, 0.15) is 36.6 Å². The molecule has 4 rings (SSSR count). The fourth-order valence-corrected chi connectivity index (χ4v) is 3.47. The van der Waals surface area contributed by atoms with Gasteiger partial charge in [-0.3, -0.25) is 19.3 Å². The molecule has 1 aliphatic rings. The lowest BCUT2D eigenvalue weighted by molar-refractivity contribution is 0.0656. The maximum atomic E-state index is 12.8. The summed E-state index contributed by atoms with van der Waals surface area (Å²) in [5.74, 6) is -0.892. The highest BCUT2D eigenvalue weighted by atomic mass is 16.2. The second-order valence-electron chi connectivity index (χ2n) is 6.96. The maximum Gasteiger partial charge on any atom is 0.261 e. The van der Waals surface area contributed by atoms with Gasteiger partial charge in [0, 0.05) is 24.8 Å². The van der Waals surface area contributed by atoms with E-state index in [4.69, 9.17) is 0 Å². The molecule has 144 valence electrons. The van der Waals surface area contributed by atoms with Crippen LogP contribution in [0, 0.1) is 0 Å². The smallest absolute Gasteiger partial charge is 0.261 e. The lowest BCUT2D eigenvalue weighted by Crippen LogP contribution is -2.31. The predicted molar refractivity (Wildman–Crippen MR) is 111 cm³/mol. The molecule has 5 heteroatoms. The Morgan fingerprint density at radius 1 is 0.828 bits per heavy atom. The standard InChI is InChI=1S/C24H20N2O3/c1-25(19-10-6-3-7-11-19)22(27)18-12-13-20-21(16-18)24(29)26(23(20)28)15-14-17-8-4-2-5-9-17/h2-13,16H,14-15H2,1H3. The van der Waals surface area contributed by atoms with Crippen LogP contribution in [0.5, 0.6) is 0 Å². The van der Waals surface area contributed by atoms with Gasteiger partial charge >= 0.3 is 0 Å². The van der Waals surface area contributed by atoms with Gasteiger partial charge in [0.25, 0.3) is 17.7 Å². The maximum absolute atomic E-state index is 12.8. The molecule has 0 fully saturated rings. The highest BCUT2D eigenvalue weighted by molar-refractivity contribution is 6.22. The third-order valence-electron chi connectivity index (χ3n) is 5.13. The van der Waals surface area contributed by atoms with Gasteiger partial charge in [-0.2, -0.15) is 0 Å². The fourth-order valence-electron chi connectivity index (χ4n) is 3.47. The molecule has 0 unspecified atom stereocenters. The molecule has 0 spiro atoms. The van der Waals surface area contributed by atoms with Gasteiger partial charge < -0.3 is 4.90 Å². The number of anilines is 1. The molecular weight excluding hydrogens is 364 g/mol. The number of para-hydroxylation sites is 1. The largest absolute Gasteiger partial charge is 0.311 e. The Labute approximate surface area is 169 Å². The zero-order chi connectivity index (χ0) is 20.4. The summed E-state index contributed by atoms with van der Waals surface area (Å²) in [6.07, 6.45) is 0.592. The summed E-state index contributed by atoms with van der Waals surface area (Å²) >= 11 is 0. The molecular formula is C24H20N2O3. The van der Waals surface area contributed by atoms with Crippen LogP contribution >= 0.6 is 0 Å². The van der Waals surface area contributed by atoms with Crippen molar-refractivity contribution in [3.8, 4) is 0 Å². The Morgan fingerprint density at radius 3 is 2.14 bits per heavy atom. The Bertz CT molecular complexity index is 1080. The molecule has 0 saturated carbocycles. The van der Waals surface area contributed by atoms with Crippen LogP contribution in [0.4, 0.5) is 5.69 Å². The molecule has 0 bridgehead atoms. The monoisotopic (exact) mass is 384 g/mol. The van der Waals surface area contributed by atoms with Gasteiger partial charge in [-0.15, -0.1) is 0 Å². The van der Waals surface area contributed by atoms with E-state index in [1.54, 1.807) is 19.2 Å². The van der Waals surface area contributed by atoms with Crippen molar-refractivity contribution in [2.75, 3.05) is 18.5 Å². The second kappa shape index (κ2) is 7.72. The number of hydrogen-bond acceptors (Lipinski definition) is 3. The highest BCUT2D eigenvalue weighted by Crippen LogP contribution is 2.25. The summed E-state index contributed by atoms with van der Waals surface area (Å²) in [6, 6.07) is 23.7. The van der Waals surface area contributed by atoms with E-state index in [9.17, 15) is 14.4 Å². The Morgan fingerprint density at radius 2 is 1.45 bits per heavy atom. The molecule has 0 atom stereocenters. The number of benzene rings is 3. The van der Waals surface area contributed by atoms with Crippen molar-refractivity contribution in [1.82, 2.24) is 4.90 Å². The van der Waals surface area contributed by atoms with E-state index in [-0.39, 0.29) is 23.3 Å². The Kier molecular flexibility index (Phi) is 4.96. The van der Waals surface area contributed by atoms with E-state index in [1.807, 2.05) is 60.7 Å². The molecule has 3 aromatic carbocycles. The summed E-state index contributed by atoms with van der Waals surface area (Å²) in [4.78, 5) is 41.1. The quantitative estimate of drug-likeness (QED) is 0.629. The van der Waals surface area contributed by atoms with Crippen LogP contribution in [0.15, 0.2) is 78.9 Å². The van der Waals surface area contributed by atoms with Crippen LogP contribution in [0.3, 0.4) is 0 Å². The van der Waals surface area contributed by atoms with Crippen molar-refractivity contribution in [3.63, 3.8) is 0 Å². The Hall–Kier alpha value is -3.73. The summed E-state index contributed by atoms with van der Waals surface area (Å²) < 4.78 is 0. The van der Waals surface area contributed by atoms with Crippen LogP contribution in [0.25, 0.3) is 0 Å². The van der Waals surface area contributed by atoms with Crippen molar-refractivity contribution in [3.05, 3.63) is 101 Å². The predicted octanol–water partition coefficient (Wildman–Crippen LogP) is 3.80.